The minimum absolute atomic E-state index is 0.348. The van der Waals surface area contributed by atoms with Gasteiger partial charge in [-0.05, 0) is 23.3 Å². The van der Waals surface area contributed by atoms with E-state index in [-0.39, 0.29) is 5.56 Å². The maximum Gasteiger partial charge on any atom is 0.340 e. The molecule has 3 aromatic carbocycles. The molecule has 0 aliphatic rings. The highest BCUT2D eigenvalue weighted by atomic mass is 19.1. The summed E-state index contributed by atoms with van der Waals surface area (Å²) in [5, 5.41) is 29.5. The van der Waals surface area contributed by atoms with Gasteiger partial charge < -0.3 is 20.1 Å². The van der Waals surface area contributed by atoms with Crippen LogP contribution in [0.3, 0.4) is 0 Å². The highest BCUT2D eigenvalue weighted by Gasteiger charge is 2.28. The van der Waals surface area contributed by atoms with E-state index in [1.54, 1.807) is 48.5 Å². The monoisotopic (exact) mass is 368 g/mol. The number of ether oxygens (including phenoxy) is 1. The summed E-state index contributed by atoms with van der Waals surface area (Å²) in [4.78, 5) is 12.5. The zero-order valence-electron chi connectivity index (χ0n) is 14.1. The van der Waals surface area contributed by atoms with Crippen LogP contribution in [-0.2, 0) is 9.53 Å². The Kier molecular flexibility index (Phi) is 5.38. The highest BCUT2D eigenvalue weighted by molar-refractivity contribution is 5.78. The van der Waals surface area contributed by atoms with Gasteiger partial charge in [0.2, 0.25) is 0 Å². The van der Waals surface area contributed by atoms with E-state index in [0.717, 1.165) is 12.1 Å². The normalized spacial score (nSPS) is 12.0. The van der Waals surface area contributed by atoms with E-state index in [0.29, 0.717) is 11.1 Å². The Morgan fingerprint density at radius 1 is 0.815 bits per heavy atom. The molecule has 3 aromatic rings. The number of hydrogen-bond donors (Lipinski definition) is 3. The molecule has 0 aliphatic carbocycles. The second-order valence-electron chi connectivity index (χ2n) is 5.87. The number of phenols is 2. The van der Waals surface area contributed by atoms with Gasteiger partial charge >= 0.3 is 5.97 Å². The van der Waals surface area contributed by atoms with Crippen molar-refractivity contribution in [2.75, 3.05) is 0 Å². The van der Waals surface area contributed by atoms with Gasteiger partial charge in [-0.15, -0.1) is 0 Å². The summed E-state index contributed by atoms with van der Waals surface area (Å²) in [6.45, 7) is 0. The van der Waals surface area contributed by atoms with E-state index in [9.17, 15) is 24.5 Å². The second kappa shape index (κ2) is 7.88. The van der Waals surface area contributed by atoms with Gasteiger partial charge in [0.15, 0.2) is 29.5 Å². The van der Waals surface area contributed by atoms with Crippen LogP contribution in [0.1, 0.15) is 28.9 Å². The molecule has 0 radical (unpaired) electrons. The first-order chi connectivity index (χ1) is 13.0. The lowest BCUT2D eigenvalue weighted by molar-refractivity contribution is -0.158. The number of carbonyl (C=O) groups is 1. The van der Waals surface area contributed by atoms with Crippen molar-refractivity contribution in [3.8, 4) is 11.5 Å². The zero-order valence-corrected chi connectivity index (χ0v) is 14.1. The fraction of sp³-hybridized carbons (Fsp3) is 0.0952. The molecule has 27 heavy (non-hydrogen) atoms. The quantitative estimate of drug-likeness (QED) is 0.473. The third-order valence-electron chi connectivity index (χ3n) is 4.09. The molecule has 0 fully saturated rings. The van der Waals surface area contributed by atoms with Crippen LogP contribution in [0.5, 0.6) is 11.5 Å². The largest absolute Gasteiger partial charge is 0.504 e. The molecule has 0 aromatic heterocycles. The van der Waals surface area contributed by atoms with Crippen molar-refractivity contribution in [1.29, 1.82) is 0 Å². The number of aromatic hydroxyl groups is 2. The summed E-state index contributed by atoms with van der Waals surface area (Å²) in [5.74, 6) is -4.06. The van der Waals surface area contributed by atoms with Crippen LogP contribution in [0.25, 0.3) is 0 Å². The van der Waals surface area contributed by atoms with E-state index >= 15 is 0 Å². The van der Waals surface area contributed by atoms with Gasteiger partial charge in [0.25, 0.3) is 0 Å². The molecular weight excluding hydrogens is 351 g/mol. The zero-order chi connectivity index (χ0) is 19.4. The van der Waals surface area contributed by atoms with E-state index in [2.05, 4.69) is 0 Å². The SMILES string of the molecule is O=C(OC(c1ccccc1)c1ccccc1)C(O)c1ccc(F)c(O)c1O. The van der Waals surface area contributed by atoms with Crippen LogP contribution in [0, 0.1) is 5.82 Å². The van der Waals surface area contributed by atoms with E-state index < -0.39 is 35.5 Å². The molecule has 0 heterocycles. The first kappa shape index (κ1) is 18.4. The highest BCUT2D eigenvalue weighted by Crippen LogP contribution is 2.36. The van der Waals surface area contributed by atoms with Crippen molar-refractivity contribution in [3.63, 3.8) is 0 Å². The lowest BCUT2D eigenvalue weighted by Gasteiger charge is -2.21. The van der Waals surface area contributed by atoms with Crippen molar-refractivity contribution >= 4 is 5.97 Å². The minimum Gasteiger partial charge on any atom is -0.504 e. The van der Waals surface area contributed by atoms with Crippen molar-refractivity contribution in [2.24, 2.45) is 0 Å². The number of rotatable bonds is 5. The standard InChI is InChI=1S/C21H17FO5/c22-16-12-11-15(17(23)19(16)25)18(24)21(26)27-20(13-7-3-1-4-8-13)14-9-5-2-6-10-14/h1-12,18,20,23-25H. The van der Waals surface area contributed by atoms with Crippen molar-refractivity contribution < 1.29 is 29.2 Å². The smallest absolute Gasteiger partial charge is 0.340 e. The fourth-order valence-corrected chi connectivity index (χ4v) is 2.68. The van der Waals surface area contributed by atoms with E-state index in [4.69, 9.17) is 4.74 Å². The minimum atomic E-state index is -1.90. The number of esters is 1. The van der Waals surface area contributed by atoms with Gasteiger partial charge in [-0.25, -0.2) is 9.18 Å². The predicted molar refractivity (Wildman–Crippen MR) is 95.5 cm³/mol. The van der Waals surface area contributed by atoms with Gasteiger partial charge in [0.05, 0.1) is 0 Å². The molecule has 0 saturated carbocycles. The summed E-state index contributed by atoms with van der Waals surface area (Å²) >= 11 is 0. The Balaban J connectivity index is 1.90. The molecule has 0 aliphatic heterocycles. The van der Waals surface area contributed by atoms with Crippen molar-refractivity contribution in [3.05, 3.63) is 95.3 Å². The molecule has 6 heteroatoms. The Morgan fingerprint density at radius 2 is 1.33 bits per heavy atom. The molecule has 3 rings (SSSR count). The number of aliphatic hydroxyl groups excluding tert-OH is 1. The molecule has 0 saturated heterocycles. The third kappa shape index (κ3) is 3.91. The van der Waals surface area contributed by atoms with Gasteiger partial charge in [0, 0.05) is 5.56 Å². The summed E-state index contributed by atoms with van der Waals surface area (Å²) in [7, 11) is 0. The predicted octanol–water partition coefficient (Wildman–Crippen LogP) is 3.60. The number of aliphatic hydroxyl groups is 1. The summed E-state index contributed by atoms with van der Waals surface area (Å²) < 4.78 is 18.8. The first-order valence-corrected chi connectivity index (χ1v) is 8.18. The van der Waals surface area contributed by atoms with Crippen LogP contribution in [0.15, 0.2) is 72.8 Å². The molecular formula is C21H17FO5. The second-order valence-corrected chi connectivity index (χ2v) is 5.87. The molecule has 0 amide bonds. The molecule has 1 atom stereocenters. The summed E-state index contributed by atoms with van der Waals surface area (Å²) in [6.07, 6.45) is -2.68. The van der Waals surface area contributed by atoms with Crippen LogP contribution >= 0.6 is 0 Å². The number of phenolic OH excluding ortho intramolecular Hbond substituents is 2. The van der Waals surface area contributed by atoms with E-state index in [1.165, 1.54) is 0 Å². The van der Waals surface area contributed by atoms with Crippen LogP contribution in [-0.4, -0.2) is 21.3 Å². The first-order valence-electron chi connectivity index (χ1n) is 8.18. The molecule has 5 nitrogen and oxygen atoms in total. The van der Waals surface area contributed by atoms with Crippen molar-refractivity contribution in [1.82, 2.24) is 0 Å². The number of halogens is 1. The average Bonchev–Trinajstić information content (AvgIpc) is 2.71. The third-order valence-corrected chi connectivity index (χ3v) is 4.09. The molecule has 1 unspecified atom stereocenters. The summed E-state index contributed by atoms with van der Waals surface area (Å²) in [5.41, 5.74) is 1.03. The maximum absolute atomic E-state index is 13.3. The van der Waals surface area contributed by atoms with Gasteiger partial charge in [0.1, 0.15) is 0 Å². The maximum atomic E-state index is 13.3. The van der Waals surface area contributed by atoms with E-state index in [1.807, 2.05) is 12.1 Å². The van der Waals surface area contributed by atoms with Crippen LogP contribution in [0.4, 0.5) is 4.39 Å². The van der Waals surface area contributed by atoms with Gasteiger partial charge in [-0.1, -0.05) is 60.7 Å². The van der Waals surface area contributed by atoms with Crippen LogP contribution < -0.4 is 0 Å². The Morgan fingerprint density at radius 3 is 1.85 bits per heavy atom. The molecule has 3 N–H and O–H groups in total. The molecule has 0 spiro atoms. The lowest BCUT2D eigenvalue weighted by Crippen LogP contribution is -2.19. The van der Waals surface area contributed by atoms with Gasteiger partial charge in [-0.2, -0.15) is 0 Å². The van der Waals surface area contributed by atoms with Gasteiger partial charge in [-0.3, -0.25) is 0 Å². The Hall–Kier alpha value is -3.38. The van der Waals surface area contributed by atoms with Crippen molar-refractivity contribution in [2.45, 2.75) is 12.2 Å². The lowest BCUT2D eigenvalue weighted by atomic mass is 10.0. The van der Waals surface area contributed by atoms with Crippen LogP contribution in [0.2, 0.25) is 0 Å². The number of carbonyl (C=O) groups excluding carboxylic acids is 1. The Bertz CT molecular complexity index is 889. The fourth-order valence-electron chi connectivity index (χ4n) is 2.68. The average molecular weight is 368 g/mol. The molecule has 0 bridgehead atoms. The number of benzene rings is 3. The Labute approximate surface area is 154 Å². The summed E-state index contributed by atoms with van der Waals surface area (Å²) in [6, 6.07) is 19.8. The molecule has 138 valence electrons. The topological polar surface area (TPSA) is 87.0 Å². The number of hydrogen-bond acceptors (Lipinski definition) is 5.